The van der Waals surface area contributed by atoms with Gasteiger partial charge in [0.25, 0.3) is 0 Å². The Morgan fingerprint density at radius 2 is 1.25 bits per heavy atom. The van der Waals surface area contributed by atoms with Gasteiger partial charge in [-0.05, 0) is 13.8 Å². The fourth-order valence-corrected chi connectivity index (χ4v) is 2.44. The summed E-state index contributed by atoms with van der Waals surface area (Å²) in [6, 6.07) is 6.81. The summed E-state index contributed by atoms with van der Waals surface area (Å²) in [5, 5.41) is 0. The number of esters is 2. The summed E-state index contributed by atoms with van der Waals surface area (Å²) in [5.74, 6) is -1.02. The van der Waals surface area contributed by atoms with Gasteiger partial charge in [0.1, 0.15) is 0 Å². The number of hydrogen-bond acceptors (Lipinski definition) is 8. The van der Waals surface area contributed by atoms with E-state index in [0.717, 1.165) is 19.3 Å². The number of hydrogen-bond donors (Lipinski definition) is 0. The highest BCUT2D eigenvalue weighted by atomic mass is 19.4. The zero-order valence-electron chi connectivity index (χ0n) is 17.0. The Labute approximate surface area is 180 Å². The molecule has 2 heterocycles. The van der Waals surface area contributed by atoms with Crippen molar-refractivity contribution in [1.82, 2.24) is 19.9 Å². The third kappa shape index (κ3) is 5.42. The average molecular weight is 446 g/mol. The highest BCUT2D eigenvalue weighted by Gasteiger charge is 2.39. The Balaban J connectivity index is 1.70. The smallest absolute Gasteiger partial charge is 0.425 e. The monoisotopic (exact) mass is 446 g/mol. The normalized spacial score (nSPS) is 12.2. The van der Waals surface area contributed by atoms with Crippen molar-refractivity contribution in [2.45, 2.75) is 26.1 Å². The van der Waals surface area contributed by atoms with Crippen LogP contribution in [-0.4, -0.2) is 50.8 Å². The minimum absolute atomic E-state index is 0.198. The molecule has 0 unspecified atom stereocenters. The summed E-state index contributed by atoms with van der Waals surface area (Å²) in [6.07, 6.45) is -1.96. The lowest BCUT2D eigenvalue weighted by atomic mass is 10.1. The molecule has 0 aliphatic heterocycles. The van der Waals surface area contributed by atoms with Gasteiger partial charge in [0.05, 0.1) is 17.7 Å². The SMILES string of the molecule is CCOC(=O)c1cnc(-c2ccc(-c3ncc(C(=O)O[C@@H](C)C(F)(F)F)cn3)cc2)nc1. The first-order valence-electron chi connectivity index (χ1n) is 9.38. The van der Waals surface area contributed by atoms with Gasteiger partial charge in [0, 0.05) is 35.9 Å². The van der Waals surface area contributed by atoms with E-state index in [9.17, 15) is 22.8 Å². The molecule has 32 heavy (non-hydrogen) atoms. The Morgan fingerprint density at radius 1 is 0.844 bits per heavy atom. The maximum absolute atomic E-state index is 12.5. The Kier molecular flexibility index (Phi) is 6.76. The number of rotatable bonds is 6. The van der Waals surface area contributed by atoms with Gasteiger partial charge in [-0.25, -0.2) is 29.5 Å². The molecular formula is C21H17F3N4O4. The van der Waals surface area contributed by atoms with Crippen LogP contribution in [0.4, 0.5) is 13.2 Å². The first-order valence-corrected chi connectivity index (χ1v) is 9.38. The highest BCUT2D eigenvalue weighted by molar-refractivity contribution is 5.89. The van der Waals surface area contributed by atoms with Crippen LogP contribution in [0, 0.1) is 0 Å². The third-order valence-corrected chi connectivity index (χ3v) is 4.20. The Hall–Kier alpha value is -3.89. The topological polar surface area (TPSA) is 104 Å². The van der Waals surface area contributed by atoms with Crippen molar-refractivity contribution in [3.05, 3.63) is 60.2 Å². The molecule has 0 radical (unpaired) electrons. The van der Waals surface area contributed by atoms with E-state index in [1.54, 1.807) is 31.2 Å². The number of carbonyl (C=O) groups is 2. The molecule has 11 heteroatoms. The number of halogens is 3. The van der Waals surface area contributed by atoms with Crippen LogP contribution in [0.15, 0.2) is 49.1 Å². The molecule has 8 nitrogen and oxygen atoms in total. The van der Waals surface area contributed by atoms with Gasteiger partial charge in [0.15, 0.2) is 17.8 Å². The molecule has 0 amide bonds. The second kappa shape index (κ2) is 9.50. The first-order chi connectivity index (χ1) is 15.2. The van der Waals surface area contributed by atoms with Crippen LogP contribution in [0.5, 0.6) is 0 Å². The zero-order valence-corrected chi connectivity index (χ0v) is 17.0. The quantitative estimate of drug-likeness (QED) is 0.526. The van der Waals surface area contributed by atoms with E-state index < -0.39 is 24.2 Å². The van der Waals surface area contributed by atoms with E-state index >= 15 is 0 Å². The van der Waals surface area contributed by atoms with E-state index in [4.69, 9.17) is 4.74 Å². The molecule has 0 bridgehead atoms. The number of alkyl halides is 3. The van der Waals surface area contributed by atoms with Crippen molar-refractivity contribution in [3.63, 3.8) is 0 Å². The third-order valence-electron chi connectivity index (χ3n) is 4.20. The van der Waals surface area contributed by atoms with Gasteiger partial charge < -0.3 is 9.47 Å². The Morgan fingerprint density at radius 3 is 1.62 bits per heavy atom. The van der Waals surface area contributed by atoms with E-state index in [2.05, 4.69) is 24.7 Å². The molecule has 0 N–H and O–H groups in total. The summed E-state index contributed by atoms with van der Waals surface area (Å²) >= 11 is 0. The van der Waals surface area contributed by atoms with E-state index in [1.165, 1.54) is 12.4 Å². The minimum Gasteiger partial charge on any atom is -0.462 e. The molecule has 2 aromatic heterocycles. The molecule has 3 aromatic rings. The summed E-state index contributed by atoms with van der Waals surface area (Å²) in [5.41, 5.74) is 1.31. The van der Waals surface area contributed by atoms with Crippen LogP contribution in [0.2, 0.25) is 0 Å². The van der Waals surface area contributed by atoms with Gasteiger partial charge in [-0.15, -0.1) is 0 Å². The van der Waals surface area contributed by atoms with Crippen molar-refractivity contribution < 1.29 is 32.2 Å². The minimum atomic E-state index is -4.65. The number of benzene rings is 1. The van der Waals surface area contributed by atoms with Crippen LogP contribution in [0.3, 0.4) is 0 Å². The fourth-order valence-electron chi connectivity index (χ4n) is 2.44. The largest absolute Gasteiger partial charge is 0.462 e. The Bertz CT molecular complexity index is 1090. The summed E-state index contributed by atoms with van der Waals surface area (Å²) in [4.78, 5) is 39.8. The predicted molar refractivity (Wildman–Crippen MR) is 105 cm³/mol. The second-order valence-corrected chi connectivity index (χ2v) is 6.48. The second-order valence-electron chi connectivity index (χ2n) is 6.48. The van der Waals surface area contributed by atoms with E-state index in [1.807, 2.05) is 0 Å². The van der Waals surface area contributed by atoms with Crippen molar-refractivity contribution in [1.29, 1.82) is 0 Å². The van der Waals surface area contributed by atoms with Crippen LogP contribution in [-0.2, 0) is 9.47 Å². The standard InChI is InChI=1S/C21H17F3N4O4/c1-3-31-19(29)15-8-25-17(26-9-15)13-4-6-14(7-5-13)18-27-10-16(11-28-18)20(30)32-12(2)21(22,23)24/h4-12H,3H2,1-2H3/t12-/m0/s1. The summed E-state index contributed by atoms with van der Waals surface area (Å²) < 4.78 is 46.8. The summed E-state index contributed by atoms with van der Waals surface area (Å²) in [6.45, 7) is 2.69. The molecule has 166 valence electrons. The average Bonchev–Trinajstić information content (AvgIpc) is 2.79. The molecule has 0 saturated heterocycles. The zero-order chi connectivity index (χ0) is 23.3. The van der Waals surface area contributed by atoms with Gasteiger partial charge in [-0.1, -0.05) is 24.3 Å². The van der Waals surface area contributed by atoms with Crippen LogP contribution in [0.25, 0.3) is 22.8 Å². The molecule has 0 aliphatic rings. The molecule has 0 spiro atoms. The fraction of sp³-hybridized carbons (Fsp3) is 0.238. The molecular weight excluding hydrogens is 429 g/mol. The number of nitrogens with zero attached hydrogens (tertiary/aromatic N) is 4. The van der Waals surface area contributed by atoms with Crippen LogP contribution in [0.1, 0.15) is 34.6 Å². The lowest BCUT2D eigenvalue weighted by Crippen LogP contribution is -2.31. The van der Waals surface area contributed by atoms with E-state index in [-0.39, 0.29) is 23.6 Å². The van der Waals surface area contributed by atoms with Crippen molar-refractivity contribution >= 4 is 11.9 Å². The number of aromatic nitrogens is 4. The number of ether oxygens (including phenoxy) is 2. The molecule has 3 rings (SSSR count). The molecule has 0 fully saturated rings. The number of carbonyl (C=O) groups excluding carboxylic acids is 2. The van der Waals surface area contributed by atoms with Crippen LogP contribution >= 0.6 is 0 Å². The predicted octanol–water partition coefficient (Wildman–Crippen LogP) is 3.88. The molecule has 0 saturated carbocycles. The maximum Gasteiger partial charge on any atom is 0.425 e. The lowest BCUT2D eigenvalue weighted by Gasteiger charge is -2.16. The molecule has 1 aromatic carbocycles. The van der Waals surface area contributed by atoms with Gasteiger partial charge in [-0.3, -0.25) is 0 Å². The van der Waals surface area contributed by atoms with Gasteiger partial charge in [0.2, 0.25) is 0 Å². The van der Waals surface area contributed by atoms with Crippen LogP contribution < -0.4 is 0 Å². The molecule has 1 atom stereocenters. The van der Waals surface area contributed by atoms with Gasteiger partial charge >= 0.3 is 18.1 Å². The van der Waals surface area contributed by atoms with Crippen molar-refractivity contribution in [3.8, 4) is 22.8 Å². The van der Waals surface area contributed by atoms with Crippen molar-refractivity contribution in [2.24, 2.45) is 0 Å². The lowest BCUT2D eigenvalue weighted by molar-refractivity contribution is -0.198. The van der Waals surface area contributed by atoms with Crippen molar-refractivity contribution in [2.75, 3.05) is 6.61 Å². The molecule has 0 aliphatic carbocycles. The van der Waals surface area contributed by atoms with Gasteiger partial charge in [-0.2, -0.15) is 13.2 Å². The maximum atomic E-state index is 12.5. The highest BCUT2D eigenvalue weighted by Crippen LogP contribution is 2.24. The van der Waals surface area contributed by atoms with E-state index in [0.29, 0.717) is 17.0 Å². The first kappa shape index (κ1) is 22.8. The summed E-state index contributed by atoms with van der Waals surface area (Å²) in [7, 11) is 0.